The summed E-state index contributed by atoms with van der Waals surface area (Å²) in [5.41, 5.74) is 2.55. The molecular weight excluding hydrogens is 342 g/mol. The molecule has 8 heteroatoms. The monoisotopic (exact) mass is 353 g/mol. The molecule has 1 amide bonds. The van der Waals surface area contributed by atoms with Crippen molar-refractivity contribution in [1.29, 1.82) is 0 Å². The molecule has 0 bridgehead atoms. The number of amides is 1. The van der Waals surface area contributed by atoms with Crippen LogP contribution in [-0.4, -0.2) is 18.1 Å². The Kier molecular flexibility index (Phi) is 3.98. The molecule has 0 unspecified atom stereocenters. The first-order valence-corrected chi connectivity index (χ1v) is 7.18. The third kappa shape index (κ3) is 3.19. The van der Waals surface area contributed by atoms with Crippen molar-refractivity contribution in [1.82, 2.24) is 0 Å². The lowest BCUT2D eigenvalue weighted by Gasteiger charge is -2.22. The topological polar surface area (TPSA) is 46.6 Å². The van der Waals surface area contributed by atoms with Gasteiger partial charge in [0.25, 0.3) is 0 Å². The summed E-state index contributed by atoms with van der Waals surface area (Å²) in [4.78, 5) is 27.1. The largest absolute Gasteiger partial charge is 0.474 e. The van der Waals surface area contributed by atoms with Gasteiger partial charge in [0.2, 0.25) is 0 Å². The van der Waals surface area contributed by atoms with Gasteiger partial charge in [-0.05, 0) is 52.9 Å². The average Bonchev–Trinajstić information content (AvgIpc) is 2.87. The van der Waals surface area contributed by atoms with Crippen molar-refractivity contribution in [3.05, 3.63) is 53.3 Å². The number of hydrogen-bond donors (Lipinski definition) is 0. The Morgan fingerprint density at radius 2 is 1.64 bits per heavy atom. The maximum Gasteiger partial charge on any atom is 0.474 e. The summed E-state index contributed by atoms with van der Waals surface area (Å²) in [6.45, 7) is 0.892. The normalized spacial score (nSPS) is 12.4. The van der Waals surface area contributed by atoms with Gasteiger partial charge in [0.05, 0.1) is 5.69 Å². The van der Waals surface area contributed by atoms with Crippen LogP contribution in [0.1, 0.15) is 18.1 Å². The summed E-state index contributed by atoms with van der Waals surface area (Å²) in [7, 11) is 0. The number of alkyl halides is 3. The van der Waals surface area contributed by atoms with Crippen LogP contribution in [0.25, 0.3) is 11.1 Å². The quantitative estimate of drug-likeness (QED) is 0.494. The van der Waals surface area contributed by atoms with Gasteiger partial charge in [0.15, 0.2) is 0 Å². The fourth-order valence-electron chi connectivity index (χ4n) is 2.75. The second-order valence-electron chi connectivity index (χ2n) is 5.50. The average molecular weight is 353 g/mol. The third-order valence-electron chi connectivity index (χ3n) is 3.71. The van der Waals surface area contributed by atoms with E-state index in [2.05, 4.69) is 4.84 Å². The van der Waals surface area contributed by atoms with Crippen LogP contribution in [0.15, 0.2) is 36.4 Å². The van der Waals surface area contributed by atoms with Crippen molar-refractivity contribution in [3.63, 3.8) is 0 Å². The summed E-state index contributed by atoms with van der Waals surface area (Å²) >= 11 is 0. The van der Waals surface area contributed by atoms with Gasteiger partial charge in [-0.15, -0.1) is 5.06 Å². The number of hydrogen-bond acceptors (Lipinski definition) is 3. The fraction of sp³-hybridized carbons (Fsp3) is 0.176. The van der Waals surface area contributed by atoms with E-state index >= 15 is 0 Å². The third-order valence-corrected chi connectivity index (χ3v) is 3.71. The summed E-state index contributed by atoms with van der Waals surface area (Å²) in [5, 5.41) is -0.0772. The van der Waals surface area contributed by atoms with Crippen LogP contribution >= 0.6 is 0 Å². The van der Waals surface area contributed by atoms with Gasteiger partial charge >= 0.3 is 18.1 Å². The number of nitrogens with zero attached hydrogens (tertiary/aromatic N) is 1. The van der Waals surface area contributed by atoms with Crippen molar-refractivity contribution in [3.8, 4) is 11.1 Å². The molecule has 130 valence electrons. The Labute approximate surface area is 139 Å². The molecule has 1 aliphatic carbocycles. The lowest BCUT2D eigenvalue weighted by molar-refractivity contribution is -0.180. The van der Waals surface area contributed by atoms with Crippen LogP contribution < -0.4 is 5.06 Å². The van der Waals surface area contributed by atoms with Crippen LogP contribution in [0.5, 0.6) is 0 Å². The first kappa shape index (κ1) is 16.9. The van der Waals surface area contributed by atoms with E-state index in [4.69, 9.17) is 0 Å². The zero-order valence-electron chi connectivity index (χ0n) is 12.9. The van der Waals surface area contributed by atoms with E-state index in [0.717, 1.165) is 18.1 Å². The Hall–Kier alpha value is -2.90. The van der Waals surface area contributed by atoms with Crippen molar-refractivity contribution < 1.29 is 32.0 Å². The number of benzene rings is 2. The van der Waals surface area contributed by atoms with Gasteiger partial charge < -0.3 is 4.84 Å². The van der Waals surface area contributed by atoms with Gasteiger partial charge in [0, 0.05) is 6.92 Å². The Morgan fingerprint density at radius 1 is 1.04 bits per heavy atom. The number of carbonyl (C=O) groups is 2. The highest BCUT2D eigenvalue weighted by molar-refractivity contribution is 5.97. The fourth-order valence-corrected chi connectivity index (χ4v) is 2.75. The van der Waals surface area contributed by atoms with Gasteiger partial charge in [-0.3, -0.25) is 4.79 Å². The molecule has 0 heterocycles. The molecule has 0 radical (unpaired) electrons. The zero-order valence-corrected chi connectivity index (χ0v) is 12.9. The molecule has 0 saturated carbocycles. The zero-order chi connectivity index (χ0) is 18.4. The maximum atomic E-state index is 13.3. The lowest BCUT2D eigenvalue weighted by atomic mass is 10.1. The molecule has 0 aromatic heterocycles. The second kappa shape index (κ2) is 5.87. The molecule has 1 aliphatic rings. The summed E-state index contributed by atoms with van der Waals surface area (Å²) in [5.74, 6) is -3.80. The second-order valence-corrected chi connectivity index (χ2v) is 5.50. The summed E-state index contributed by atoms with van der Waals surface area (Å²) < 4.78 is 51.6. The first-order chi connectivity index (χ1) is 11.7. The van der Waals surface area contributed by atoms with E-state index in [1.165, 1.54) is 30.3 Å². The van der Waals surface area contributed by atoms with E-state index in [9.17, 15) is 27.2 Å². The van der Waals surface area contributed by atoms with Gasteiger partial charge in [-0.1, -0.05) is 12.1 Å². The molecule has 0 aliphatic heterocycles. The van der Waals surface area contributed by atoms with E-state index in [1.807, 2.05) is 0 Å². The smallest absolute Gasteiger partial charge is 0.333 e. The SMILES string of the molecule is CC(=O)ON(C(=O)C(F)(F)F)c1ccc2c(c1)Cc1cc(F)ccc1-2. The number of hydroxylamine groups is 1. The molecule has 0 spiro atoms. The van der Waals surface area contributed by atoms with E-state index < -0.39 is 23.9 Å². The van der Waals surface area contributed by atoms with Crippen LogP contribution in [0.2, 0.25) is 0 Å². The van der Waals surface area contributed by atoms with Crippen LogP contribution in [0.3, 0.4) is 0 Å². The predicted molar refractivity (Wildman–Crippen MR) is 79.9 cm³/mol. The minimum Gasteiger partial charge on any atom is -0.333 e. The van der Waals surface area contributed by atoms with E-state index in [1.54, 1.807) is 6.07 Å². The molecule has 0 atom stereocenters. The Morgan fingerprint density at radius 3 is 2.24 bits per heavy atom. The Bertz CT molecular complexity index is 877. The summed E-state index contributed by atoms with van der Waals surface area (Å²) in [6, 6.07) is 8.29. The number of halogens is 4. The van der Waals surface area contributed by atoms with Crippen molar-refractivity contribution >= 4 is 17.6 Å². The number of carbonyl (C=O) groups excluding carboxylic acids is 2. The van der Waals surface area contributed by atoms with E-state index in [0.29, 0.717) is 17.5 Å². The van der Waals surface area contributed by atoms with Gasteiger partial charge in [-0.25, -0.2) is 9.18 Å². The minimum atomic E-state index is -5.21. The summed E-state index contributed by atoms with van der Waals surface area (Å²) in [6.07, 6.45) is -4.91. The highest BCUT2D eigenvalue weighted by Gasteiger charge is 2.45. The Balaban J connectivity index is 2.01. The molecule has 25 heavy (non-hydrogen) atoms. The van der Waals surface area contributed by atoms with Gasteiger partial charge in [-0.2, -0.15) is 13.2 Å². The van der Waals surface area contributed by atoms with Crippen LogP contribution in [0, 0.1) is 5.82 Å². The van der Waals surface area contributed by atoms with Crippen LogP contribution in [0.4, 0.5) is 23.2 Å². The molecule has 0 saturated heterocycles. The number of rotatable bonds is 1. The number of fused-ring (bicyclic) bond motifs is 3. The molecule has 3 rings (SSSR count). The van der Waals surface area contributed by atoms with E-state index in [-0.39, 0.29) is 10.8 Å². The molecule has 2 aromatic rings. The standard InChI is InChI=1S/C17H11F4NO3/c1-9(23)25-22(16(24)17(19,20)21)13-3-5-15-11(8-13)6-10-7-12(18)2-4-14(10)15/h2-5,7-8H,6H2,1H3. The maximum absolute atomic E-state index is 13.3. The molecule has 4 nitrogen and oxygen atoms in total. The molecular formula is C17H11F4NO3. The predicted octanol–water partition coefficient (Wildman–Crippen LogP) is 3.77. The lowest BCUT2D eigenvalue weighted by Crippen LogP contribution is -2.42. The number of anilines is 1. The molecule has 0 N–H and O–H groups in total. The van der Waals surface area contributed by atoms with Gasteiger partial charge in [0.1, 0.15) is 5.82 Å². The van der Waals surface area contributed by atoms with Crippen molar-refractivity contribution in [2.75, 3.05) is 5.06 Å². The highest BCUT2D eigenvalue weighted by atomic mass is 19.4. The van der Waals surface area contributed by atoms with Crippen LogP contribution in [-0.2, 0) is 20.8 Å². The molecule has 2 aromatic carbocycles. The first-order valence-electron chi connectivity index (χ1n) is 7.18. The highest BCUT2D eigenvalue weighted by Crippen LogP contribution is 2.39. The van der Waals surface area contributed by atoms with Crippen molar-refractivity contribution in [2.45, 2.75) is 19.5 Å². The minimum absolute atomic E-state index is 0.0772. The van der Waals surface area contributed by atoms with Crippen molar-refractivity contribution in [2.24, 2.45) is 0 Å². The molecule has 0 fully saturated rings.